The van der Waals surface area contributed by atoms with Crippen LogP contribution in [-0.4, -0.2) is 30.2 Å². The molecule has 0 atom stereocenters. The van der Waals surface area contributed by atoms with E-state index in [2.05, 4.69) is 4.98 Å². The fourth-order valence-corrected chi connectivity index (χ4v) is 2.50. The average Bonchev–Trinajstić information content (AvgIpc) is 2.17. The number of hydrogen-bond donors (Lipinski definition) is 2. The summed E-state index contributed by atoms with van der Waals surface area (Å²) in [6, 6.07) is 0.881. The second-order valence-corrected chi connectivity index (χ2v) is 5.31. The Morgan fingerprint density at radius 3 is 2.62 bits per heavy atom. The van der Waals surface area contributed by atoms with E-state index >= 15 is 0 Å². The van der Waals surface area contributed by atoms with Gasteiger partial charge in [-0.05, 0) is 12.5 Å². The second kappa shape index (κ2) is 4.48. The maximum Gasteiger partial charge on any atom is 0.341 e. The molecule has 6 nitrogen and oxygen atoms in total. The van der Waals surface area contributed by atoms with Crippen molar-refractivity contribution < 1.29 is 18.3 Å². The molecule has 0 unspecified atom stereocenters. The summed E-state index contributed by atoms with van der Waals surface area (Å²) in [6.45, 7) is 1.70. The molecule has 1 aromatic rings. The molecule has 0 bridgehead atoms. The number of hydrogen-bond acceptors (Lipinski definition) is 4. The number of aromatic carboxylic acids is 1. The number of pyridine rings is 1. The molecule has 7 heteroatoms. The smallest absolute Gasteiger partial charge is 0.341 e. The largest absolute Gasteiger partial charge is 0.477 e. The Bertz CT molecular complexity index is 558. The van der Waals surface area contributed by atoms with Gasteiger partial charge in [0.05, 0.1) is 10.6 Å². The van der Waals surface area contributed by atoms with Crippen molar-refractivity contribution in [2.45, 2.75) is 18.2 Å². The van der Waals surface area contributed by atoms with Gasteiger partial charge < -0.3 is 10.1 Å². The first-order valence-corrected chi connectivity index (χ1v) is 6.22. The average molecular weight is 245 g/mol. The fraction of sp³-hybridized carbons (Fsp3) is 0.333. The first-order valence-electron chi connectivity index (χ1n) is 4.57. The van der Waals surface area contributed by atoms with Crippen molar-refractivity contribution in [1.82, 2.24) is 4.98 Å². The van der Waals surface area contributed by atoms with Crippen LogP contribution in [0.5, 0.6) is 0 Å². The maximum absolute atomic E-state index is 11.6. The first kappa shape index (κ1) is 12.4. The number of aromatic nitrogens is 1. The number of H-pyrrole nitrogens is 1. The number of sulfone groups is 1. The Morgan fingerprint density at radius 1 is 1.50 bits per heavy atom. The van der Waals surface area contributed by atoms with Crippen LogP contribution >= 0.6 is 0 Å². The van der Waals surface area contributed by atoms with Gasteiger partial charge in [-0.3, -0.25) is 4.79 Å². The lowest BCUT2D eigenvalue weighted by atomic mass is 10.3. The molecular weight excluding hydrogens is 234 g/mol. The highest BCUT2D eigenvalue weighted by molar-refractivity contribution is 7.91. The summed E-state index contributed by atoms with van der Waals surface area (Å²) in [5.74, 6) is -1.53. The van der Waals surface area contributed by atoms with E-state index in [0.717, 1.165) is 12.3 Å². The van der Waals surface area contributed by atoms with E-state index in [1.54, 1.807) is 6.92 Å². The van der Waals surface area contributed by atoms with Crippen molar-refractivity contribution in [3.63, 3.8) is 0 Å². The summed E-state index contributed by atoms with van der Waals surface area (Å²) in [5, 5.41) is 8.67. The van der Waals surface area contributed by atoms with Crippen molar-refractivity contribution in [1.29, 1.82) is 0 Å². The lowest BCUT2D eigenvalue weighted by molar-refractivity contribution is 0.0694. The minimum absolute atomic E-state index is 0.0852. The van der Waals surface area contributed by atoms with Crippen LogP contribution < -0.4 is 5.56 Å². The quantitative estimate of drug-likeness (QED) is 0.791. The third-order valence-corrected chi connectivity index (χ3v) is 3.84. The zero-order chi connectivity index (χ0) is 12.3. The molecule has 0 aliphatic rings. The molecule has 16 heavy (non-hydrogen) atoms. The normalized spacial score (nSPS) is 11.3. The predicted molar refractivity (Wildman–Crippen MR) is 56.4 cm³/mol. The number of aromatic amines is 1. The first-order chi connectivity index (χ1) is 7.38. The van der Waals surface area contributed by atoms with Crippen molar-refractivity contribution in [2.24, 2.45) is 0 Å². The molecule has 1 aromatic heterocycles. The van der Waals surface area contributed by atoms with Crippen LogP contribution in [0.4, 0.5) is 0 Å². The molecule has 0 amide bonds. The molecule has 88 valence electrons. The van der Waals surface area contributed by atoms with Gasteiger partial charge >= 0.3 is 5.97 Å². The van der Waals surface area contributed by atoms with Gasteiger partial charge in [0.2, 0.25) is 0 Å². The molecule has 0 saturated heterocycles. The van der Waals surface area contributed by atoms with Crippen LogP contribution in [0.25, 0.3) is 0 Å². The lowest BCUT2D eigenvalue weighted by Gasteiger charge is -2.02. The Labute approximate surface area is 91.9 Å². The van der Waals surface area contributed by atoms with Crippen LogP contribution in [0.1, 0.15) is 23.7 Å². The van der Waals surface area contributed by atoms with Crippen LogP contribution in [-0.2, 0) is 9.84 Å². The van der Waals surface area contributed by atoms with E-state index in [4.69, 9.17) is 5.11 Å². The second-order valence-electron chi connectivity index (χ2n) is 3.20. The summed E-state index contributed by atoms with van der Waals surface area (Å²) in [5.41, 5.74) is -1.39. The number of carboxylic acids is 1. The number of rotatable bonds is 4. The lowest BCUT2D eigenvalue weighted by Crippen LogP contribution is -2.19. The van der Waals surface area contributed by atoms with Crippen molar-refractivity contribution in [3.8, 4) is 0 Å². The van der Waals surface area contributed by atoms with Gasteiger partial charge in [0.1, 0.15) is 5.56 Å². The molecule has 0 aromatic carbocycles. The van der Waals surface area contributed by atoms with Crippen molar-refractivity contribution in [3.05, 3.63) is 28.2 Å². The third-order valence-electron chi connectivity index (χ3n) is 1.94. The van der Waals surface area contributed by atoms with E-state index in [1.165, 1.54) is 0 Å². The molecule has 1 heterocycles. The van der Waals surface area contributed by atoms with E-state index in [9.17, 15) is 18.0 Å². The van der Waals surface area contributed by atoms with Gasteiger partial charge in [0, 0.05) is 6.20 Å². The SMILES string of the molecule is CCCS(=O)(=O)c1c[nH]c(=O)c(C(=O)O)c1. The third kappa shape index (κ3) is 2.48. The minimum Gasteiger partial charge on any atom is -0.477 e. The highest BCUT2D eigenvalue weighted by Crippen LogP contribution is 2.10. The summed E-state index contributed by atoms with van der Waals surface area (Å²) in [7, 11) is -3.52. The van der Waals surface area contributed by atoms with Gasteiger partial charge in [-0.25, -0.2) is 13.2 Å². The van der Waals surface area contributed by atoms with Gasteiger partial charge in [-0.15, -0.1) is 0 Å². The van der Waals surface area contributed by atoms with Gasteiger partial charge in [-0.1, -0.05) is 6.92 Å². The summed E-state index contributed by atoms with van der Waals surface area (Å²) < 4.78 is 23.2. The van der Waals surface area contributed by atoms with Crippen LogP contribution in [0.15, 0.2) is 22.0 Å². The molecule has 0 aliphatic carbocycles. The van der Waals surface area contributed by atoms with Gasteiger partial charge in [0.25, 0.3) is 5.56 Å². The van der Waals surface area contributed by atoms with Crippen molar-refractivity contribution in [2.75, 3.05) is 5.75 Å². The Balaban J connectivity index is 3.34. The molecule has 0 fully saturated rings. The van der Waals surface area contributed by atoms with E-state index in [0.29, 0.717) is 6.42 Å². The zero-order valence-corrected chi connectivity index (χ0v) is 9.37. The highest BCUT2D eigenvalue weighted by atomic mass is 32.2. The summed E-state index contributed by atoms with van der Waals surface area (Å²) in [4.78, 5) is 23.6. The Kier molecular flexibility index (Phi) is 3.48. The number of carboxylic acid groups (broad SMARTS) is 1. The standard InChI is InChI=1S/C9H11NO5S/c1-2-3-16(14,15)6-4-7(9(12)13)8(11)10-5-6/h4-5H,2-3H2,1H3,(H,10,11)(H,12,13). The molecule has 1 rings (SSSR count). The Morgan fingerprint density at radius 2 is 2.12 bits per heavy atom. The molecular formula is C9H11NO5S. The summed E-state index contributed by atoms with van der Waals surface area (Å²) in [6.07, 6.45) is 1.43. The monoisotopic (exact) mass is 245 g/mol. The van der Waals surface area contributed by atoms with Gasteiger partial charge in [-0.2, -0.15) is 0 Å². The highest BCUT2D eigenvalue weighted by Gasteiger charge is 2.17. The van der Waals surface area contributed by atoms with E-state index in [1.807, 2.05) is 0 Å². The Hall–Kier alpha value is -1.63. The van der Waals surface area contributed by atoms with Crippen LogP contribution in [0.3, 0.4) is 0 Å². The van der Waals surface area contributed by atoms with Crippen molar-refractivity contribution >= 4 is 15.8 Å². The van der Waals surface area contributed by atoms with E-state index in [-0.39, 0.29) is 10.6 Å². The van der Waals surface area contributed by atoms with E-state index < -0.39 is 26.9 Å². The van der Waals surface area contributed by atoms with Gasteiger partial charge in [0.15, 0.2) is 9.84 Å². The molecule has 0 saturated carbocycles. The molecule has 0 radical (unpaired) electrons. The fourth-order valence-electron chi connectivity index (χ4n) is 1.19. The summed E-state index contributed by atoms with van der Waals surface area (Å²) >= 11 is 0. The predicted octanol–water partition coefficient (Wildman–Crippen LogP) is 0.257. The minimum atomic E-state index is -3.52. The topological polar surface area (TPSA) is 104 Å². The number of carbonyl (C=O) groups is 1. The molecule has 2 N–H and O–H groups in total. The number of nitrogens with one attached hydrogen (secondary N) is 1. The zero-order valence-electron chi connectivity index (χ0n) is 8.56. The van der Waals surface area contributed by atoms with Crippen LogP contribution in [0, 0.1) is 0 Å². The molecule has 0 spiro atoms. The van der Waals surface area contributed by atoms with Crippen LogP contribution in [0.2, 0.25) is 0 Å². The maximum atomic E-state index is 11.6. The molecule has 0 aliphatic heterocycles.